The Kier molecular flexibility index (Phi) is 3.43. The molecule has 0 fully saturated rings. The third-order valence-electron chi connectivity index (χ3n) is 2.95. The van der Waals surface area contributed by atoms with Gasteiger partial charge in [0.25, 0.3) is 0 Å². The minimum atomic E-state index is -0.161. The maximum atomic E-state index is 11.5. The molecule has 2 aromatic rings. The van der Waals surface area contributed by atoms with Crippen LogP contribution in [-0.4, -0.2) is 12.6 Å². The Labute approximate surface area is 101 Å². The average Bonchev–Trinajstić information content (AvgIpc) is 2.33. The first-order chi connectivity index (χ1) is 8.22. The third kappa shape index (κ3) is 2.47. The summed E-state index contributed by atoms with van der Waals surface area (Å²) in [5, 5.41) is 2.41. The minimum Gasteiger partial charge on any atom is -0.466 e. The number of benzene rings is 2. The molecule has 0 bridgehead atoms. The number of aryl methyl sites for hydroxylation is 1. The SMILES string of the molecule is CCOC(=O)Cc1ccc2ccccc2c1C. The Morgan fingerprint density at radius 2 is 1.94 bits per heavy atom. The van der Waals surface area contributed by atoms with Crippen LogP contribution in [-0.2, 0) is 16.0 Å². The molecule has 0 saturated carbocycles. The zero-order valence-electron chi connectivity index (χ0n) is 10.2. The van der Waals surface area contributed by atoms with Crippen molar-refractivity contribution < 1.29 is 9.53 Å². The van der Waals surface area contributed by atoms with Crippen LogP contribution in [0.15, 0.2) is 36.4 Å². The highest BCUT2D eigenvalue weighted by Crippen LogP contribution is 2.22. The molecule has 2 heteroatoms. The number of esters is 1. The highest BCUT2D eigenvalue weighted by Gasteiger charge is 2.08. The van der Waals surface area contributed by atoms with Crippen molar-refractivity contribution in [2.75, 3.05) is 6.61 Å². The van der Waals surface area contributed by atoms with E-state index >= 15 is 0 Å². The summed E-state index contributed by atoms with van der Waals surface area (Å²) in [6.45, 7) is 4.31. The lowest BCUT2D eigenvalue weighted by Crippen LogP contribution is -2.08. The molecule has 0 spiro atoms. The van der Waals surface area contributed by atoms with Crippen molar-refractivity contribution in [3.8, 4) is 0 Å². The first kappa shape index (κ1) is 11.6. The van der Waals surface area contributed by atoms with Crippen LogP contribution in [0.3, 0.4) is 0 Å². The molecule has 2 rings (SSSR count). The van der Waals surface area contributed by atoms with Crippen molar-refractivity contribution in [2.24, 2.45) is 0 Å². The number of hydrogen-bond donors (Lipinski definition) is 0. The van der Waals surface area contributed by atoms with Crippen molar-refractivity contribution in [3.63, 3.8) is 0 Å². The van der Waals surface area contributed by atoms with Gasteiger partial charge in [0, 0.05) is 0 Å². The molecule has 2 nitrogen and oxygen atoms in total. The summed E-state index contributed by atoms with van der Waals surface area (Å²) in [6.07, 6.45) is 0.352. The first-order valence-corrected chi connectivity index (χ1v) is 5.85. The zero-order chi connectivity index (χ0) is 12.3. The predicted molar refractivity (Wildman–Crippen MR) is 69.0 cm³/mol. The number of ether oxygens (including phenoxy) is 1. The number of hydrogen-bond acceptors (Lipinski definition) is 2. The minimum absolute atomic E-state index is 0.161. The molecule has 0 aliphatic heterocycles. The van der Waals surface area contributed by atoms with Gasteiger partial charge >= 0.3 is 5.97 Å². The highest BCUT2D eigenvalue weighted by atomic mass is 16.5. The van der Waals surface area contributed by atoms with Gasteiger partial charge in [0.05, 0.1) is 13.0 Å². The van der Waals surface area contributed by atoms with E-state index in [1.54, 1.807) is 0 Å². The normalized spacial score (nSPS) is 10.5. The second kappa shape index (κ2) is 5.00. The van der Waals surface area contributed by atoms with Crippen LogP contribution in [0.2, 0.25) is 0 Å². The van der Waals surface area contributed by atoms with Gasteiger partial charge in [0.1, 0.15) is 0 Å². The van der Waals surface area contributed by atoms with E-state index in [1.165, 1.54) is 10.8 Å². The first-order valence-electron chi connectivity index (χ1n) is 5.85. The number of carbonyl (C=O) groups excluding carboxylic acids is 1. The quantitative estimate of drug-likeness (QED) is 0.754. The molecule has 0 saturated heterocycles. The van der Waals surface area contributed by atoms with Gasteiger partial charge in [-0.3, -0.25) is 4.79 Å². The summed E-state index contributed by atoms with van der Waals surface area (Å²) in [4.78, 5) is 11.5. The van der Waals surface area contributed by atoms with Crippen molar-refractivity contribution in [1.29, 1.82) is 0 Å². The summed E-state index contributed by atoms with van der Waals surface area (Å²) >= 11 is 0. The van der Waals surface area contributed by atoms with Gasteiger partial charge < -0.3 is 4.74 Å². The van der Waals surface area contributed by atoms with E-state index in [4.69, 9.17) is 4.74 Å². The molecular weight excluding hydrogens is 212 g/mol. The van der Waals surface area contributed by atoms with Gasteiger partial charge in [-0.15, -0.1) is 0 Å². The average molecular weight is 228 g/mol. The third-order valence-corrected chi connectivity index (χ3v) is 2.95. The molecule has 0 unspecified atom stereocenters. The highest BCUT2D eigenvalue weighted by molar-refractivity contribution is 5.87. The summed E-state index contributed by atoms with van der Waals surface area (Å²) in [6, 6.07) is 12.3. The van der Waals surface area contributed by atoms with Crippen LogP contribution in [0, 0.1) is 6.92 Å². The van der Waals surface area contributed by atoms with Crippen LogP contribution < -0.4 is 0 Å². The van der Waals surface area contributed by atoms with E-state index in [0.29, 0.717) is 13.0 Å². The zero-order valence-corrected chi connectivity index (χ0v) is 10.2. The molecule has 17 heavy (non-hydrogen) atoms. The van der Waals surface area contributed by atoms with Crippen LogP contribution in [0.5, 0.6) is 0 Å². The Morgan fingerprint density at radius 3 is 2.71 bits per heavy atom. The Balaban J connectivity index is 2.36. The molecular formula is C15H16O2. The van der Waals surface area contributed by atoms with Crippen LogP contribution in [0.4, 0.5) is 0 Å². The molecule has 0 amide bonds. The topological polar surface area (TPSA) is 26.3 Å². The van der Waals surface area contributed by atoms with E-state index in [9.17, 15) is 4.79 Å². The van der Waals surface area contributed by atoms with E-state index < -0.39 is 0 Å². The van der Waals surface area contributed by atoms with Crippen molar-refractivity contribution in [1.82, 2.24) is 0 Å². The van der Waals surface area contributed by atoms with Crippen molar-refractivity contribution in [3.05, 3.63) is 47.5 Å². The lowest BCUT2D eigenvalue weighted by atomic mass is 9.98. The van der Waals surface area contributed by atoms with Gasteiger partial charge in [0.15, 0.2) is 0 Å². The largest absolute Gasteiger partial charge is 0.466 e. The molecule has 0 aromatic heterocycles. The summed E-state index contributed by atoms with van der Waals surface area (Å²) in [7, 11) is 0. The number of rotatable bonds is 3. The lowest BCUT2D eigenvalue weighted by molar-refractivity contribution is -0.142. The molecule has 88 valence electrons. The van der Waals surface area contributed by atoms with Crippen LogP contribution in [0.25, 0.3) is 10.8 Å². The molecule has 2 aromatic carbocycles. The second-order valence-electron chi connectivity index (χ2n) is 4.05. The van der Waals surface area contributed by atoms with Gasteiger partial charge in [-0.1, -0.05) is 36.4 Å². The number of fused-ring (bicyclic) bond motifs is 1. The lowest BCUT2D eigenvalue weighted by Gasteiger charge is -2.08. The van der Waals surface area contributed by atoms with Crippen LogP contribution >= 0.6 is 0 Å². The predicted octanol–water partition coefficient (Wildman–Crippen LogP) is 3.25. The standard InChI is InChI=1S/C15H16O2/c1-3-17-15(16)10-13-9-8-12-6-4-5-7-14(12)11(13)2/h4-9H,3,10H2,1-2H3. The second-order valence-corrected chi connectivity index (χ2v) is 4.05. The fraction of sp³-hybridized carbons (Fsp3) is 0.267. The monoisotopic (exact) mass is 228 g/mol. The van der Waals surface area contributed by atoms with Gasteiger partial charge in [-0.25, -0.2) is 0 Å². The Hall–Kier alpha value is -1.83. The summed E-state index contributed by atoms with van der Waals surface area (Å²) in [5.74, 6) is -0.161. The fourth-order valence-electron chi connectivity index (χ4n) is 2.03. The molecule has 0 aliphatic carbocycles. The summed E-state index contributed by atoms with van der Waals surface area (Å²) < 4.78 is 4.97. The molecule has 0 N–H and O–H groups in total. The fourth-order valence-corrected chi connectivity index (χ4v) is 2.03. The maximum Gasteiger partial charge on any atom is 0.310 e. The van der Waals surface area contributed by atoms with Crippen molar-refractivity contribution in [2.45, 2.75) is 20.3 Å². The number of carbonyl (C=O) groups is 1. The van der Waals surface area contributed by atoms with Crippen molar-refractivity contribution >= 4 is 16.7 Å². The van der Waals surface area contributed by atoms with Gasteiger partial charge in [-0.2, -0.15) is 0 Å². The maximum absolute atomic E-state index is 11.5. The molecule has 0 radical (unpaired) electrons. The van der Waals surface area contributed by atoms with E-state index in [-0.39, 0.29) is 5.97 Å². The molecule has 0 atom stereocenters. The Morgan fingerprint density at radius 1 is 1.18 bits per heavy atom. The van der Waals surface area contributed by atoms with Crippen LogP contribution in [0.1, 0.15) is 18.1 Å². The molecule has 0 heterocycles. The van der Waals surface area contributed by atoms with E-state index in [2.05, 4.69) is 25.1 Å². The van der Waals surface area contributed by atoms with Gasteiger partial charge in [-0.05, 0) is 35.7 Å². The van der Waals surface area contributed by atoms with Gasteiger partial charge in [0.2, 0.25) is 0 Å². The van der Waals surface area contributed by atoms with E-state index in [1.807, 2.05) is 25.1 Å². The smallest absolute Gasteiger partial charge is 0.310 e. The molecule has 0 aliphatic rings. The van der Waals surface area contributed by atoms with E-state index in [0.717, 1.165) is 11.1 Å². The Bertz CT molecular complexity index is 544. The summed E-state index contributed by atoms with van der Waals surface area (Å²) in [5.41, 5.74) is 2.21.